The third-order valence-electron chi connectivity index (χ3n) is 9.32. The minimum atomic E-state index is -4.80. The van der Waals surface area contributed by atoms with E-state index in [1.807, 2.05) is 24.3 Å². The van der Waals surface area contributed by atoms with Crippen molar-refractivity contribution in [3.8, 4) is 11.8 Å². The number of likely N-dealkylation sites (tertiary alicyclic amines) is 1. The van der Waals surface area contributed by atoms with Crippen LogP contribution in [0.25, 0.3) is 0 Å². The summed E-state index contributed by atoms with van der Waals surface area (Å²) in [5, 5.41) is 13.9. The summed E-state index contributed by atoms with van der Waals surface area (Å²) in [5.74, 6) is 4.57. The highest BCUT2D eigenvalue weighted by molar-refractivity contribution is 7.13. The van der Waals surface area contributed by atoms with Crippen LogP contribution in [0, 0.1) is 17.8 Å². The summed E-state index contributed by atoms with van der Waals surface area (Å²) in [7, 11) is 0. The van der Waals surface area contributed by atoms with Crippen LogP contribution in [-0.4, -0.2) is 67.1 Å². The maximum atomic E-state index is 14.5. The molecule has 49 heavy (non-hydrogen) atoms. The van der Waals surface area contributed by atoms with E-state index in [2.05, 4.69) is 32.0 Å². The zero-order chi connectivity index (χ0) is 34.3. The van der Waals surface area contributed by atoms with Crippen molar-refractivity contribution in [2.24, 2.45) is 5.92 Å². The summed E-state index contributed by atoms with van der Waals surface area (Å²) < 4.78 is 59.4. The van der Waals surface area contributed by atoms with Gasteiger partial charge in [-0.25, -0.2) is 14.4 Å². The zero-order valence-corrected chi connectivity index (χ0v) is 27.0. The summed E-state index contributed by atoms with van der Waals surface area (Å²) in [5.41, 5.74) is 0.732. The lowest BCUT2D eigenvalue weighted by atomic mass is 9.97. The minimum absolute atomic E-state index is 0.00375. The van der Waals surface area contributed by atoms with Gasteiger partial charge in [0.25, 0.3) is 11.8 Å². The van der Waals surface area contributed by atoms with Gasteiger partial charge in [0.05, 0.1) is 24.1 Å². The Bertz CT molecular complexity index is 1920. The van der Waals surface area contributed by atoms with E-state index in [-0.39, 0.29) is 47.1 Å². The highest BCUT2D eigenvalue weighted by atomic mass is 32.1. The lowest BCUT2D eigenvalue weighted by molar-refractivity contribution is -0.138. The van der Waals surface area contributed by atoms with E-state index in [0.29, 0.717) is 17.2 Å². The van der Waals surface area contributed by atoms with Crippen LogP contribution in [-0.2, 0) is 37.0 Å². The number of nitrogens with one attached hydrogen (secondary N) is 1. The molecule has 2 amide bonds. The average Bonchev–Trinajstić information content (AvgIpc) is 3.87. The fraction of sp³-hybridized carbons (Fsp3) is 0.371. The van der Waals surface area contributed by atoms with Gasteiger partial charge in [0.15, 0.2) is 11.2 Å². The van der Waals surface area contributed by atoms with Crippen molar-refractivity contribution in [1.29, 1.82) is 0 Å². The molecule has 1 fully saturated rings. The minimum Gasteiger partial charge on any atom is -0.396 e. The van der Waals surface area contributed by atoms with Gasteiger partial charge in [0, 0.05) is 60.1 Å². The number of aliphatic hydroxyl groups excluding tert-OH is 1. The first-order valence-electron chi connectivity index (χ1n) is 15.9. The zero-order valence-electron chi connectivity index (χ0n) is 26.2. The number of benzene rings is 2. The molecule has 3 aliphatic rings. The number of rotatable bonds is 7. The molecule has 7 rings (SSSR count). The number of anilines is 1. The first-order valence-corrected chi connectivity index (χ1v) is 16.8. The van der Waals surface area contributed by atoms with E-state index in [4.69, 9.17) is 0 Å². The number of nitrogens with zero attached hydrogens (tertiary/aromatic N) is 5. The molecule has 2 aromatic carbocycles. The molecule has 254 valence electrons. The molecule has 2 aromatic heterocycles. The monoisotopic (exact) mass is 692 g/mol. The van der Waals surface area contributed by atoms with Gasteiger partial charge in [-0.3, -0.25) is 19.8 Å². The number of hydrogen-bond donors (Lipinski definition) is 2. The number of hydrogen-bond acceptors (Lipinski definition) is 7. The highest BCUT2D eigenvalue weighted by Crippen LogP contribution is 2.41. The number of piperidine rings is 1. The molecule has 2 N–H and O–H groups in total. The van der Waals surface area contributed by atoms with Gasteiger partial charge in [0.1, 0.15) is 6.17 Å². The Kier molecular flexibility index (Phi) is 8.99. The van der Waals surface area contributed by atoms with Crippen LogP contribution >= 0.6 is 11.3 Å². The van der Waals surface area contributed by atoms with Crippen molar-refractivity contribution in [3.05, 3.63) is 99.1 Å². The predicted molar refractivity (Wildman–Crippen MR) is 173 cm³/mol. The molecule has 4 aromatic rings. The van der Waals surface area contributed by atoms with Crippen LogP contribution in [0.2, 0.25) is 0 Å². The van der Waals surface area contributed by atoms with Gasteiger partial charge in [0.2, 0.25) is 0 Å². The number of carbonyl (C=O) groups excluding carboxylic acids is 2. The second kappa shape index (κ2) is 13.4. The molecule has 14 heteroatoms. The highest BCUT2D eigenvalue weighted by Gasteiger charge is 2.45. The van der Waals surface area contributed by atoms with E-state index in [0.717, 1.165) is 60.3 Å². The Morgan fingerprint density at radius 2 is 1.86 bits per heavy atom. The van der Waals surface area contributed by atoms with E-state index in [1.54, 1.807) is 9.95 Å². The second-order valence-corrected chi connectivity index (χ2v) is 13.5. The SMILES string of the molecule is O=C(Nc1nccs1)C(c1ncn2c1CC(F)C2)N1Cc2c(cc(C#Cc3ccc(CN4CCC(CO)CC4)cc3)cc2C(F)(F)F)C1=O. The van der Waals surface area contributed by atoms with E-state index >= 15 is 0 Å². The summed E-state index contributed by atoms with van der Waals surface area (Å²) in [4.78, 5) is 39.4. The third-order valence-corrected chi connectivity index (χ3v) is 10.0. The number of alkyl halides is 4. The molecule has 5 heterocycles. The summed E-state index contributed by atoms with van der Waals surface area (Å²) >= 11 is 1.14. The van der Waals surface area contributed by atoms with Crippen LogP contribution < -0.4 is 5.32 Å². The number of thiazole rings is 1. The topological polar surface area (TPSA) is 104 Å². The van der Waals surface area contributed by atoms with Gasteiger partial charge in [-0.05, 0) is 67.2 Å². The second-order valence-electron chi connectivity index (χ2n) is 12.6. The van der Waals surface area contributed by atoms with Gasteiger partial charge in [-0.2, -0.15) is 13.2 Å². The Labute approximate surface area is 283 Å². The van der Waals surface area contributed by atoms with Crippen molar-refractivity contribution >= 4 is 28.3 Å². The largest absolute Gasteiger partial charge is 0.416 e. The Balaban J connectivity index is 1.16. The van der Waals surface area contributed by atoms with Gasteiger partial charge in [-0.15, -0.1) is 11.3 Å². The van der Waals surface area contributed by atoms with Crippen LogP contribution in [0.4, 0.5) is 22.7 Å². The summed E-state index contributed by atoms with van der Waals surface area (Å²) in [6.07, 6.45) is -1.30. The van der Waals surface area contributed by atoms with Crippen LogP contribution in [0.5, 0.6) is 0 Å². The molecule has 1 saturated heterocycles. The lowest BCUT2D eigenvalue weighted by Gasteiger charge is -2.31. The molecule has 0 radical (unpaired) electrons. The number of fused-ring (bicyclic) bond motifs is 2. The van der Waals surface area contributed by atoms with Crippen LogP contribution in [0.3, 0.4) is 0 Å². The Morgan fingerprint density at radius 3 is 2.55 bits per heavy atom. The van der Waals surface area contributed by atoms with E-state index < -0.39 is 42.3 Å². The van der Waals surface area contributed by atoms with Crippen molar-refractivity contribution < 1.29 is 32.3 Å². The van der Waals surface area contributed by atoms with Crippen molar-refractivity contribution in [1.82, 2.24) is 24.3 Å². The standard InChI is InChI=1S/C35H32F4N6O3S/c36-25-15-29-30(41-20-44(29)17-25)31(32(47)42-34-40-9-12-49-34)45-18-27-26(33(45)48)13-24(14-28(27)35(37,38)39)6-3-21-1-4-22(5-2-21)16-43-10-7-23(19-46)8-11-43/h1-2,4-5,9,12-14,20,23,25,31,46H,7-8,10-11,15-19H2,(H,40,42,47). The number of aliphatic hydroxyl groups is 1. The maximum absolute atomic E-state index is 14.5. The van der Waals surface area contributed by atoms with E-state index in [1.165, 1.54) is 18.6 Å². The smallest absolute Gasteiger partial charge is 0.396 e. The lowest BCUT2D eigenvalue weighted by Crippen LogP contribution is -2.38. The molecule has 0 saturated carbocycles. The van der Waals surface area contributed by atoms with E-state index in [9.17, 15) is 32.3 Å². The number of amides is 2. The van der Waals surface area contributed by atoms with Crippen LogP contribution in [0.15, 0.2) is 54.3 Å². The normalized spacial score (nSPS) is 18.6. The summed E-state index contributed by atoms with van der Waals surface area (Å²) in [6, 6.07) is 8.31. The number of imidazole rings is 1. The molecular weight excluding hydrogens is 660 g/mol. The average molecular weight is 693 g/mol. The first-order chi connectivity index (χ1) is 23.6. The maximum Gasteiger partial charge on any atom is 0.416 e. The third kappa shape index (κ3) is 6.83. The molecule has 3 aliphatic heterocycles. The quantitative estimate of drug-likeness (QED) is 0.204. The van der Waals surface area contributed by atoms with Gasteiger partial charge in [-0.1, -0.05) is 24.0 Å². The molecule has 2 atom stereocenters. The first kappa shape index (κ1) is 32.9. The molecule has 9 nitrogen and oxygen atoms in total. The molecule has 0 bridgehead atoms. The van der Waals surface area contributed by atoms with Crippen LogP contribution in [0.1, 0.15) is 68.4 Å². The Morgan fingerprint density at radius 1 is 1.10 bits per heavy atom. The van der Waals surface area contributed by atoms with Gasteiger partial charge >= 0.3 is 6.18 Å². The molecule has 0 aliphatic carbocycles. The Hall–Kier alpha value is -4.58. The fourth-order valence-corrected chi connectivity index (χ4v) is 7.31. The molecular formula is C35H32F4N6O3S. The van der Waals surface area contributed by atoms with Gasteiger partial charge < -0.3 is 14.6 Å². The molecule has 0 spiro atoms. The number of halogens is 4. The fourth-order valence-electron chi connectivity index (χ4n) is 6.78. The number of aromatic nitrogens is 3. The number of carbonyl (C=O) groups is 2. The van der Waals surface area contributed by atoms with Crippen molar-refractivity contribution in [2.45, 2.75) is 57.3 Å². The summed E-state index contributed by atoms with van der Waals surface area (Å²) in [6.45, 7) is 2.30. The predicted octanol–water partition coefficient (Wildman–Crippen LogP) is 5.19. The van der Waals surface area contributed by atoms with Crippen molar-refractivity contribution in [3.63, 3.8) is 0 Å². The molecule has 2 unspecified atom stereocenters. The van der Waals surface area contributed by atoms with Crippen molar-refractivity contribution in [2.75, 3.05) is 25.0 Å².